The van der Waals surface area contributed by atoms with Crippen LogP contribution >= 0.6 is 0 Å². The third-order valence-corrected chi connectivity index (χ3v) is 8.95. The van der Waals surface area contributed by atoms with E-state index in [0.29, 0.717) is 23.7 Å². The zero-order chi connectivity index (χ0) is 33.4. The summed E-state index contributed by atoms with van der Waals surface area (Å²) in [5.41, 5.74) is -2.36. The van der Waals surface area contributed by atoms with Crippen LogP contribution in [0.5, 0.6) is 0 Å². The number of carbonyl (C=O) groups is 2. The molecule has 0 amide bonds. The average molecular weight is 668 g/mol. The number of nitrogens with one attached hydrogen (secondary N) is 2. The first kappa shape index (κ1) is 32.8. The van der Waals surface area contributed by atoms with Crippen LogP contribution in [-0.4, -0.2) is 77.0 Å². The van der Waals surface area contributed by atoms with Gasteiger partial charge in [0.1, 0.15) is 11.6 Å². The number of hydrogen-bond donors (Lipinski definition) is 2. The second kappa shape index (κ2) is 12.7. The lowest BCUT2D eigenvalue weighted by Crippen LogP contribution is -2.33. The Hall–Kier alpha value is -4.55. The minimum absolute atomic E-state index is 0.00124. The molecule has 1 aliphatic heterocycles. The molecule has 2 N–H and O–H groups in total. The van der Waals surface area contributed by atoms with Crippen LogP contribution in [0.3, 0.4) is 0 Å². The SMILES string of the molecule is CCN(C)S(=O)(=O)Nc1ccc(F)c(C(=O)c2cn(OC(=O)C(F)(F)F)c3ncc(-c4cnc(C5CCNCC5)nc4)cc23)c1F. The molecule has 244 valence electrons. The largest absolute Gasteiger partial charge is 0.493 e. The van der Waals surface area contributed by atoms with E-state index < -0.39 is 62.2 Å². The number of rotatable bonds is 9. The molecular weight excluding hydrogens is 641 g/mol. The Morgan fingerprint density at radius 2 is 1.74 bits per heavy atom. The van der Waals surface area contributed by atoms with Crippen LogP contribution in [0.2, 0.25) is 0 Å². The Balaban J connectivity index is 1.60. The van der Waals surface area contributed by atoms with E-state index in [1.54, 1.807) is 0 Å². The fourth-order valence-corrected chi connectivity index (χ4v) is 5.70. The Kier molecular flexibility index (Phi) is 9.05. The van der Waals surface area contributed by atoms with Crippen molar-refractivity contribution < 1.29 is 44.8 Å². The molecule has 5 rings (SSSR count). The minimum atomic E-state index is -5.43. The number of nitrogens with zero attached hydrogens (tertiary/aromatic N) is 5. The van der Waals surface area contributed by atoms with E-state index in [-0.39, 0.29) is 28.1 Å². The molecule has 0 spiro atoms. The van der Waals surface area contributed by atoms with E-state index in [9.17, 15) is 31.2 Å². The van der Waals surface area contributed by atoms with Gasteiger partial charge >= 0.3 is 22.4 Å². The van der Waals surface area contributed by atoms with E-state index >= 15 is 8.78 Å². The second-order valence-corrected chi connectivity index (χ2v) is 12.1. The maximum atomic E-state index is 15.6. The van der Waals surface area contributed by atoms with E-state index in [4.69, 9.17) is 0 Å². The Morgan fingerprint density at radius 1 is 1.09 bits per heavy atom. The van der Waals surface area contributed by atoms with Crippen LogP contribution in [0.4, 0.5) is 27.6 Å². The predicted octanol–water partition coefficient (Wildman–Crippen LogP) is 3.60. The second-order valence-electron chi connectivity index (χ2n) is 10.3. The van der Waals surface area contributed by atoms with Gasteiger partial charge in [0.25, 0.3) is 0 Å². The third-order valence-electron chi connectivity index (χ3n) is 7.39. The first-order valence-corrected chi connectivity index (χ1v) is 15.3. The highest BCUT2D eigenvalue weighted by molar-refractivity contribution is 7.90. The van der Waals surface area contributed by atoms with Gasteiger partial charge in [-0.3, -0.25) is 9.52 Å². The quantitative estimate of drug-likeness (QED) is 0.202. The van der Waals surface area contributed by atoms with E-state index in [2.05, 4.69) is 25.1 Å². The lowest BCUT2D eigenvalue weighted by molar-refractivity contribution is -0.199. The lowest BCUT2D eigenvalue weighted by atomic mass is 9.97. The number of fused-ring (bicyclic) bond motifs is 1. The fourth-order valence-electron chi connectivity index (χ4n) is 4.77. The molecule has 3 aromatic heterocycles. The summed E-state index contributed by atoms with van der Waals surface area (Å²) in [4.78, 5) is 42.6. The van der Waals surface area contributed by atoms with Gasteiger partial charge in [0, 0.05) is 54.6 Å². The van der Waals surface area contributed by atoms with Gasteiger partial charge in [-0.05, 0) is 44.1 Å². The van der Waals surface area contributed by atoms with Crippen LogP contribution in [-0.2, 0) is 15.0 Å². The zero-order valence-corrected chi connectivity index (χ0v) is 25.0. The van der Waals surface area contributed by atoms with Gasteiger partial charge in [-0.2, -0.15) is 30.6 Å². The molecule has 1 saturated heterocycles. The maximum Gasteiger partial charge on any atom is 0.493 e. The summed E-state index contributed by atoms with van der Waals surface area (Å²) in [5.74, 6) is -6.27. The molecule has 4 heterocycles. The molecule has 1 aromatic carbocycles. The van der Waals surface area contributed by atoms with E-state index in [1.807, 2.05) is 4.72 Å². The van der Waals surface area contributed by atoms with Gasteiger partial charge in [0.05, 0.1) is 23.0 Å². The molecule has 0 atom stereocenters. The monoisotopic (exact) mass is 667 g/mol. The van der Waals surface area contributed by atoms with Crippen molar-refractivity contribution in [2.24, 2.45) is 0 Å². The third kappa shape index (κ3) is 6.54. The van der Waals surface area contributed by atoms with Crippen molar-refractivity contribution in [3.05, 3.63) is 71.6 Å². The molecule has 0 radical (unpaired) electrons. The molecule has 12 nitrogen and oxygen atoms in total. The van der Waals surface area contributed by atoms with Crippen LogP contribution in [0, 0.1) is 11.6 Å². The van der Waals surface area contributed by atoms with Crippen LogP contribution in [0.15, 0.2) is 43.0 Å². The van der Waals surface area contributed by atoms with Crippen molar-refractivity contribution >= 4 is 38.7 Å². The van der Waals surface area contributed by atoms with Crippen molar-refractivity contribution in [1.82, 2.24) is 29.3 Å². The van der Waals surface area contributed by atoms with Gasteiger partial charge in [0.15, 0.2) is 11.5 Å². The highest BCUT2D eigenvalue weighted by Gasteiger charge is 2.42. The number of halogens is 5. The van der Waals surface area contributed by atoms with Crippen molar-refractivity contribution in [3.8, 4) is 11.1 Å². The average Bonchev–Trinajstić information content (AvgIpc) is 3.39. The van der Waals surface area contributed by atoms with Crippen molar-refractivity contribution in [1.29, 1.82) is 0 Å². The number of benzene rings is 1. The molecule has 0 saturated carbocycles. The minimum Gasteiger partial charge on any atom is -0.326 e. The molecule has 1 fully saturated rings. The summed E-state index contributed by atoms with van der Waals surface area (Å²) in [5, 5.41) is 3.01. The van der Waals surface area contributed by atoms with Crippen LogP contribution in [0.1, 0.15) is 47.4 Å². The van der Waals surface area contributed by atoms with E-state index in [1.165, 1.54) is 38.6 Å². The molecule has 18 heteroatoms. The lowest BCUT2D eigenvalue weighted by Gasteiger charge is -2.21. The molecule has 46 heavy (non-hydrogen) atoms. The predicted molar refractivity (Wildman–Crippen MR) is 154 cm³/mol. The van der Waals surface area contributed by atoms with Gasteiger partial charge in [-0.25, -0.2) is 28.5 Å². The first-order chi connectivity index (χ1) is 21.7. The molecular formula is C28H26F5N7O5S. The van der Waals surface area contributed by atoms with Gasteiger partial charge < -0.3 is 10.2 Å². The normalized spacial score (nSPS) is 14.5. The van der Waals surface area contributed by atoms with Crippen LogP contribution < -0.4 is 14.9 Å². The summed E-state index contributed by atoms with van der Waals surface area (Å²) in [6.07, 6.45) is 1.09. The molecule has 4 aromatic rings. The first-order valence-electron chi connectivity index (χ1n) is 13.8. The molecule has 0 aliphatic carbocycles. The zero-order valence-electron chi connectivity index (χ0n) is 24.2. The molecule has 0 bridgehead atoms. The van der Waals surface area contributed by atoms with Gasteiger partial charge in [0.2, 0.25) is 5.78 Å². The molecule has 1 aliphatic rings. The summed E-state index contributed by atoms with van der Waals surface area (Å²) in [6, 6.07) is 2.70. The van der Waals surface area contributed by atoms with Crippen LogP contribution in [0.25, 0.3) is 22.2 Å². The Labute approximate surface area is 258 Å². The number of hydrogen-bond acceptors (Lipinski definition) is 9. The number of piperidine rings is 1. The maximum absolute atomic E-state index is 15.6. The summed E-state index contributed by atoms with van der Waals surface area (Å²) in [7, 11) is -3.10. The Morgan fingerprint density at radius 3 is 2.37 bits per heavy atom. The number of anilines is 1. The summed E-state index contributed by atoms with van der Waals surface area (Å²) >= 11 is 0. The van der Waals surface area contributed by atoms with Gasteiger partial charge in [-0.15, -0.1) is 0 Å². The molecule has 0 unspecified atom stereocenters. The number of pyridine rings is 1. The number of alkyl halides is 3. The van der Waals surface area contributed by atoms with Crippen molar-refractivity contribution in [2.75, 3.05) is 31.4 Å². The number of carbonyl (C=O) groups excluding carboxylic acids is 2. The highest BCUT2D eigenvalue weighted by atomic mass is 32.2. The summed E-state index contributed by atoms with van der Waals surface area (Å²) < 4.78 is 97.7. The number of ketones is 1. The topological polar surface area (TPSA) is 148 Å². The fraction of sp³-hybridized carbons (Fsp3) is 0.321. The smallest absolute Gasteiger partial charge is 0.326 e. The van der Waals surface area contributed by atoms with Crippen molar-refractivity contribution in [3.63, 3.8) is 0 Å². The van der Waals surface area contributed by atoms with Crippen molar-refractivity contribution in [2.45, 2.75) is 31.9 Å². The summed E-state index contributed by atoms with van der Waals surface area (Å²) in [6.45, 7) is 3.14. The Bertz CT molecular complexity index is 1910. The number of aromatic nitrogens is 4. The van der Waals surface area contributed by atoms with E-state index in [0.717, 1.165) is 36.3 Å². The highest BCUT2D eigenvalue weighted by Crippen LogP contribution is 2.31. The van der Waals surface area contributed by atoms with Gasteiger partial charge in [-0.1, -0.05) is 6.92 Å². The standard InChI is InChI=1S/C28H26F5N7O5S/c1-3-39(2)46(43,44)38-21-5-4-20(29)22(23(21)30)24(41)19-14-40(45-27(42)28(31,32)33)26-18(19)10-16(11-37-26)17-12-35-25(36-13-17)15-6-8-34-9-7-15/h4-5,10-15,34,38H,3,6-9H2,1-2H3.